The van der Waals surface area contributed by atoms with Crippen LogP contribution in [0.15, 0.2) is 0 Å². The quantitative estimate of drug-likeness (QED) is 0.736. The number of nitrogens with zero attached hydrogens (tertiary/aromatic N) is 1. The summed E-state index contributed by atoms with van der Waals surface area (Å²) in [6, 6.07) is 0. The van der Waals surface area contributed by atoms with Crippen LogP contribution in [0.4, 0.5) is 0 Å². The van der Waals surface area contributed by atoms with Crippen molar-refractivity contribution in [1.82, 2.24) is 10.2 Å². The minimum Gasteiger partial charge on any atom is -0.341 e. The molecular weight excluding hydrogens is 240 g/mol. The van der Waals surface area contributed by atoms with Gasteiger partial charge in [0.05, 0.1) is 11.5 Å². The molecule has 2 saturated heterocycles. The maximum Gasteiger partial charge on any atom is 0.223 e. The lowest BCUT2D eigenvalue weighted by atomic mass is 10.0. The molecule has 6 heteroatoms. The van der Waals surface area contributed by atoms with Crippen LogP contribution in [0, 0.1) is 5.92 Å². The molecule has 0 radical (unpaired) electrons. The second-order valence-electron chi connectivity index (χ2n) is 4.96. The fourth-order valence-corrected chi connectivity index (χ4v) is 4.35. The molecule has 1 atom stereocenters. The molecule has 98 valence electrons. The number of carbonyl (C=O) groups is 1. The smallest absolute Gasteiger partial charge is 0.223 e. The van der Waals surface area contributed by atoms with Gasteiger partial charge in [-0.1, -0.05) is 0 Å². The summed E-state index contributed by atoms with van der Waals surface area (Å²) in [4.78, 5) is 13.6. The summed E-state index contributed by atoms with van der Waals surface area (Å²) in [5.74, 6) is 0.859. The third-order valence-corrected chi connectivity index (χ3v) is 5.35. The lowest BCUT2D eigenvalue weighted by Crippen LogP contribution is -2.40. The van der Waals surface area contributed by atoms with E-state index in [1.807, 2.05) is 4.90 Å². The molecule has 2 rings (SSSR count). The Hall–Kier alpha value is -0.620. The van der Waals surface area contributed by atoms with Crippen LogP contribution in [0.25, 0.3) is 0 Å². The zero-order chi connectivity index (χ0) is 12.3. The molecule has 0 aromatic heterocycles. The molecule has 5 nitrogen and oxygen atoms in total. The van der Waals surface area contributed by atoms with Crippen LogP contribution < -0.4 is 5.32 Å². The predicted octanol–water partition coefficient (Wildman–Crippen LogP) is -0.367. The minimum atomic E-state index is -2.86. The van der Waals surface area contributed by atoms with Gasteiger partial charge in [0.2, 0.25) is 5.91 Å². The topological polar surface area (TPSA) is 66.5 Å². The van der Waals surface area contributed by atoms with Gasteiger partial charge in [-0.3, -0.25) is 4.79 Å². The van der Waals surface area contributed by atoms with E-state index in [0.29, 0.717) is 25.3 Å². The number of sulfone groups is 1. The van der Waals surface area contributed by atoms with Crippen LogP contribution in [0.2, 0.25) is 0 Å². The SMILES string of the molecule is O=C1CCNCCN1CC1CCCS(=O)(=O)C1. The van der Waals surface area contributed by atoms with Crippen molar-refractivity contribution < 1.29 is 13.2 Å². The first-order chi connectivity index (χ1) is 8.07. The standard InChI is InChI=1S/C11H20N2O3S/c14-11-3-4-12-5-6-13(11)8-10-2-1-7-17(15,16)9-10/h10,12H,1-9H2. The van der Waals surface area contributed by atoms with Crippen molar-refractivity contribution in [2.75, 3.05) is 37.7 Å². The van der Waals surface area contributed by atoms with Gasteiger partial charge in [0.15, 0.2) is 9.84 Å². The van der Waals surface area contributed by atoms with E-state index in [1.165, 1.54) is 0 Å². The highest BCUT2D eigenvalue weighted by atomic mass is 32.2. The van der Waals surface area contributed by atoms with E-state index in [9.17, 15) is 13.2 Å². The van der Waals surface area contributed by atoms with Gasteiger partial charge < -0.3 is 10.2 Å². The number of hydrogen-bond donors (Lipinski definition) is 1. The van der Waals surface area contributed by atoms with E-state index in [-0.39, 0.29) is 17.6 Å². The largest absolute Gasteiger partial charge is 0.341 e. The summed E-state index contributed by atoms with van der Waals surface area (Å²) in [7, 11) is -2.86. The molecule has 2 aliphatic heterocycles. The Morgan fingerprint density at radius 1 is 1.35 bits per heavy atom. The van der Waals surface area contributed by atoms with Crippen LogP contribution >= 0.6 is 0 Å². The molecule has 0 aromatic carbocycles. The van der Waals surface area contributed by atoms with Crippen LogP contribution in [0.1, 0.15) is 19.3 Å². The summed E-state index contributed by atoms with van der Waals surface area (Å²) >= 11 is 0. The molecule has 0 bridgehead atoms. The maximum absolute atomic E-state index is 11.8. The fraction of sp³-hybridized carbons (Fsp3) is 0.909. The van der Waals surface area contributed by atoms with Gasteiger partial charge >= 0.3 is 0 Å². The second kappa shape index (κ2) is 5.35. The Morgan fingerprint density at radius 3 is 2.94 bits per heavy atom. The molecule has 0 aliphatic carbocycles. The Bertz CT molecular complexity index is 380. The fourth-order valence-electron chi connectivity index (χ4n) is 2.58. The van der Waals surface area contributed by atoms with Crippen LogP contribution in [0.5, 0.6) is 0 Å². The van der Waals surface area contributed by atoms with E-state index in [4.69, 9.17) is 0 Å². The number of carbonyl (C=O) groups excluding carboxylic acids is 1. The normalized spacial score (nSPS) is 30.0. The number of nitrogens with one attached hydrogen (secondary N) is 1. The molecule has 1 N–H and O–H groups in total. The molecule has 1 amide bonds. The highest BCUT2D eigenvalue weighted by Gasteiger charge is 2.28. The lowest BCUT2D eigenvalue weighted by molar-refractivity contribution is -0.130. The van der Waals surface area contributed by atoms with E-state index >= 15 is 0 Å². The Balaban J connectivity index is 1.93. The van der Waals surface area contributed by atoms with Gasteiger partial charge in [0.1, 0.15) is 0 Å². The monoisotopic (exact) mass is 260 g/mol. The van der Waals surface area contributed by atoms with Crippen molar-refractivity contribution in [3.63, 3.8) is 0 Å². The van der Waals surface area contributed by atoms with E-state index < -0.39 is 9.84 Å². The highest BCUT2D eigenvalue weighted by molar-refractivity contribution is 7.91. The van der Waals surface area contributed by atoms with Crippen molar-refractivity contribution in [3.05, 3.63) is 0 Å². The second-order valence-corrected chi connectivity index (χ2v) is 7.19. The molecule has 17 heavy (non-hydrogen) atoms. The molecule has 0 saturated carbocycles. The van der Waals surface area contributed by atoms with Gasteiger partial charge in [-0.05, 0) is 18.8 Å². The van der Waals surface area contributed by atoms with Crippen LogP contribution in [0.3, 0.4) is 0 Å². The summed E-state index contributed by atoms with van der Waals surface area (Å²) < 4.78 is 23.1. The summed E-state index contributed by atoms with van der Waals surface area (Å²) in [5, 5.41) is 3.18. The molecular formula is C11H20N2O3S. The Labute approximate surface area is 102 Å². The van der Waals surface area contributed by atoms with Crippen LogP contribution in [-0.4, -0.2) is 56.9 Å². The summed E-state index contributed by atoms with van der Waals surface area (Å²) in [6.07, 6.45) is 2.20. The summed E-state index contributed by atoms with van der Waals surface area (Å²) in [6.45, 7) is 2.86. The Morgan fingerprint density at radius 2 is 2.18 bits per heavy atom. The zero-order valence-electron chi connectivity index (χ0n) is 10.0. The van der Waals surface area contributed by atoms with Gasteiger partial charge in [-0.25, -0.2) is 8.42 Å². The molecule has 2 fully saturated rings. The lowest BCUT2D eigenvalue weighted by Gasteiger charge is -2.28. The van der Waals surface area contributed by atoms with Gasteiger partial charge in [0, 0.05) is 32.6 Å². The molecule has 0 spiro atoms. The van der Waals surface area contributed by atoms with Gasteiger partial charge in [-0.2, -0.15) is 0 Å². The zero-order valence-corrected chi connectivity index (χ0v) is 10.8. The van der Waals surface area contributed by atoms with Gasteiger partial charge in [0.25, 0.3) is 0 Å². The van der Waals surface area contributed by atoms with Gasteiger partial charge in [-0.15, -0.1) is 0 Å². The van der Waals surface area contributed by atoms with Crippen molar-refractivity contribution in [2.24, 2.45) is 5.92 Å². The third kappa shape index (κ3) is 3.67. The molecule has 2 heterocycles. The van der Waals surface area contributed by atoms with Crippen molar-refractivity contribution >= 4 is 15.7 Å². The van der Waals surface area contributed by atoms with E-state index in [1.54, 1.807) is 0 Å². The first-order valence-corrected chi connectivity index (χ1v) is 8.08. The summed E-state index contributed by atoms with van der Waals surface area (Å²) in [5.41, 5.74) is 0. The average Bonchev–Trinajstić information content (AvgIpc) is 2.43. The third-order valence-electron chi connectivity index (χ3n) is 3.46. The average molecular weight is 260 g/mol. The highest BCUT2D eigenvalue weighted by Crippen LogP contribution is 2.19. The first-order valence-electron chi connectivity index (χ1n) is 6.26. The van der Waals surface area contributed by atoms with Crippen LogP contribution in [-0.2, 0) is 14.6 Å². The van der Waals surface area contributed by atoms with Crippen molar-refractivity contribution in [3.8, 4) is 0 Å². The number of amides is 1. The molecule has 0 aromatic rings. The van der Waals surface area contributed by atoms with E-state index in [0.717, 1.165) is 25.9 Å². The first kappa shape index (κ1) is 12.8. The van der Waals surface area contributed by atoms with Crippen molar-refractivity contribution in [2.45, 2.75) is 19.3 Å². The van der Waals surface area contributed by atoms with Crippen molar-refractivity contribution in [1.29, 1.82) is 0 Å². The number of rotatable bonds is 2. The predicted molar refractivity (Wildman–Crippen MR) is 65.4 cm³/mol. The molecule has 2 aliphatic rings. The number of hydrogen-bond acceptors (Lipinski definition) is 4. The minimum absolute atomic E-state index is 0.135. The molecule has 1 unspecified atom stereocenters. The van der Waals surface area contributed by atoms with E-state index in [2.05, 4.69) is 5.32 Å². The Kier molecular flexibility index (Phi) is 4.04. The maximum atomic E-state index is 11.8.